The first-order valence-electron chi connectivity index (χ1n) is 16.0. The fraction of sp³-hybridized carbons (Fsp3) is 0.441. The maximum Gasteiger partial charge on any atom is 0.407 e. The number of carbonyl (C=O) groups excluding carboxylic acids is 2. The van der Waals surface area contributed by atoms with Crippen LogP contribution in [0.15, 0.2) is 65.6 Å². The lowest BCUT2D eigenvalue weighted by molar-refractivity contribution is -0.118. The average Bonchev–Trinajstić information content (AvgIpc) is 3.17. The van der Waals surface area contributed by atoms with E-state index in [1.165, 1.54) is 29.9 Å². The summed E-state index contributed by atoms with van der Waals surface area (Å²) in [5, 5.41) is 9.37. The molecule has 0 spiro atoms. The number of fused-ring (bicyclic) bond motifs is 2. The van der Waals surface area contributed by atoms with Gasteiger partial charge in [-0.3, -0.25) is 9.59 Å². The third-order valence-corrected chi connectivity index (χ3v) is 11.3. The van der Waals surface area contributed by atoms with Crippen LogP contribution in [0, 0.1) is 5.82 Å². The number of ether oxygens (including phenoxy) is 1. The summed E-state index contributed by atoms with van der Waals surface area (Å²) in [6.07, 6.45) is 2.63. The maximum atomic E-state index is 15.4. The molecule has 0 radical (unpaired) electrons. The molecule has 3 N–H and O–H groups in total. The molecule has 2 aromatic carbocycles. The fourth-order valence-electron chi connectivity index (χ4n) is 6.54. The molecule has 2 aliphatic rings. The number of hydrogen-bond acceptors (Lipinski definition) is 7. The molecule has 2 amide bonds. The number of rotatable bonds is 10. The Balaban J connectivity index is 1.48. The molecule has 14 heteroatoms. The zero-order valence-electron chi connectivity index (χ0n) is 27.1. The van der Waals surface area contributed by atoms with E-state index in [1.54, 1.807) is 46.9 Å². The van der Waals surface area contributed by atoms with Gasteiger partial charge in [-0.15, -0.1) is 0 Å². The topological polar surface area (TPSA) is 139 Å². The smallest absolute Gasteiger partial charge is 0.407 e. The van der Waals surface area contributed by atoms with Crippen LogP contribution in [-0.4, -0.2) is 73.4 Å². The summed E-state index contributed by atoms with van der Waals surface area (Å²) in [4.78, 5) is 39.6. The van der Waals surface area contributed by atoms with Gasteiger partial charge >= 0.3 is 6.09 Å². The van der Waals surface area contributed by atoms with Crippen molar-refractivity contribution in [1.29, 1.82) is 0 Å². The first-order valence-corrected chi connectivity index (χ1v) is 18.0. The van der Waals surface area contributed by atoms with Crippen molar-refractivity contribution in [3.05, 3.63) is 98.7 Å². The lowest BCUT2D eigenvalue weighted by Crippen LogP contribution is -2.57. The Bertz CT molecular complexity index is 1800. The van der Waals surface area contributed by atoms with Gasteiger partial charge in [0.25, 0.3) is 5.56 Å². The molecule has 3 heterocycles. The lowest BCUT2D eigenvalue weighted by atomic mass is 9.85. The van der Waals surface area contributed by atoms with E-state index in [-0.39, 0.29) is 47.1 Å². The summed E-state index contributed by atoms with van der Waals surface area (Å²) < 4.78 is 49.4. The number of piperazine rings is 1. The van der Waals surface area contributed by atoms with Crippen molar-refractivity contribution in [3.8, 4) is 0 Å². The minimum atomic E-state index is -3.44. The molecule has 2 fully saturated rings. The maximum absolute atomic E-state index is 15.4. The van der Waals surface area contributed by atoms with Gasteiger partial charge in [0.1, 0.15) is 11.9 Å². The predicted molar refractivity (Wildman–Crippen MR) is 182 cm³/mol. The molecule has 2 bridgehead atoms. The molecule has 5 rings (SSSR count). The van der Waals surface area contributed by atoms with Crippen molar-refractivity contribution in [3.63, 3.8) is 0 Å². The Morgan fingerprint density at radius 3 is 2.54 bits per heavy atom. The Morgan fingerprint density at radius 2 is 1.83 bits per heavy atom. The van der Waals surface area contributed by atoms with Gasteiger partial charge in [-0.1, -0.05) is 35.9 Å². The van der Waals surface area contributed by atoms with E-state index in [0.29, 0.717) is 42.1 Å². The highest BCUT2D eigenvalue weighted by atomic mass is 35.5. The second kappa shape index (κ2) is 15.2. The number of anilines is 1. The molecule has 2 aliphatic heterocycles. The van der Waals surface area contributed by atoms with Crippen molar-refractivity contribution in [1.82, 2.24) is 19.5 Å². The number of alkyl carbamates (subject to hydrolysis) is 1. The van der Waals surface area contributed by atoms with E-state index in [1.807, 2.05) is 13.8 Å². The standard InChI is InChI=1S/C34H41ClFN5O6S/c1-21(2)40-19-23(11-16-30(40)42)31(22-9-12-24(35)13-10-22)32(39-34(44)47-3)33(43)38-29-8-4-7-28(36)27(29)15-14-26-18-37-25-6-5-17-48(45,46)41(26)20-25/h4,7-13,16,19,21,25-26,31-32,37H,5-6,14-15,17-18,20H2,1-3H3,(H,38,43)(H,39,44)/t25?,26?,31-,32-/m0/s1. The Kier molecular flexibility index (Phi) is 11.2. The van der Waals surface area contributed by atoms with Crippen LogP contribution in [0.3, 0.4) is 0 Å². The lowest BCUT2D eigenvalue weighted by Gasteiger charge is -2.37. The highest BCUT2D eigenvalue weighted by Crippen LogP contribution is 2.32. The number of nitrogens with zero attached hydrogens (tertiary/aromatic N) is 2. The number of pyridine rings is 1. The Hall–Kier alpha value is -3.78. The highest BCUT2D eigenvalue weighted by Gasteiger charge is 2.38. The summed E-state index contributed by atoms with van der Waals surface area (Å²) in [6.45, 7) is 4.54. The van der Waals surface area contributed by atoms with Gasteiger partial charge in [0.05, 0.1) is 12.9 Å². The molecule has 3 unspecified atom stereocenters. The molecule has 3 aromatic rings. The number of benzene rings is 2. The minimum absolute atomic E-state index is 0.0841. The van der Waals surface area contributed by atoms with E-state index < -0.39 is 39.8 Å². The van der Waals surface area contributed by atoms with Crippen molar-refractivity contribution >= 4 is 39.3 Å². The molecule has 0 aliphatic carbocycles. The monoisotopic (exact) mass is 701 g/mol. The van der Waals surface area contributed by atoms with Gasteiger partial charge in [0.2, 0.25) is 15.9 Å². The number of halogens is 2. The van der Waals surface area contributed by atoms with E-state index >= 15 is 4.39 Å². The number of amides is 2. The molecule has 1 aromatic heterocycles. The summed E-state index contributed by atoms with van der Waals surface area (Å²) in [7, 11) is -2.26. The zero-order chi connectivity index (χ0) is 34.6. The number of nitrogens with one attached hydrogen (secondary N) is 3. The van der Waals surface area contributed by atoms with Crippen LogP contribution >= 0.6 is 11.6 Å². The zero-order valence-corrected chi connectivity index (χ0v) is 28.7. The second-order valence-electron chi connectivity index (χ2n) is 12.5. The van der Waals surface area contributed by atoms with Crippen LogP contribution in [0.5, 0.6) is 0 Å². The van der Waals surface area contributed by atoms with E-state index in [0.717, 1.165) is 6.42 Å². The number of hydrogen-bond donors (Lipinski definition) is 3. The van der Waals surface area contributed by atoms with Crippen LogP contribution in [0.2, 0.25) is 5.02 Å². The number of sulfonamides is 1. The number of aromatic nitrogens is 1. The van der Waals surface area contributed by atoms with Crippen LogP contribution in [0.25, 0.3) is 0 Å². The van der Waals surface area contributed by atoms with Gasteiger partial charge in [0.15, 0.2) is 0 Å². The normalized spacial score (nSPS) is 21.5. The summed E-state index contributed by atoms with van der Waals surface area (Å²) in [6, 6.07) is 12.4. The van der Waals surface area contributed by atoms with Crippen molar-refractivity contribution in [2.45, 2.75) is 69.6 Å². The second-order valence-corrected chi connectivity index (χ2v) is 15.0. The van der Waals surface area contributed by atoms with E-state index in [2.05, 4.69) is 16.0 Å². The average molecular weight is 702 g/mol. The van der Waals surface area contributed by atoms with E-state index in [9.17, 15) is 22.8 Å². The molecular formula is C34H41ClFN5O6S. The van der Waals surface area contributed by atoms with Gasteiger partial charge in [-0.05, 0) is 74.9 Å². The summed E-state index contributed by atoms with van der Waals surface area (Å²) in [5.74, 6) is -1.95. The number of carbonyl (C=O) groups is 2. The van der Waals surface area contributed by atoms with Gasteiger partial charge in [0, 0.05) is 65.7 Å². The van der Waals surface area contributed by atoms with Crippen molar-refractivity contribution < 1.29 is 27.1 Å². The largest absolute Gasteiger partial charge is 0.453 e. The molecule has 258 valence electrons. The molecule has 2 saturated heterocycles. The van der Waals surface area contributed by atoms with Gasteiger partial charge in [-0.25, -0.2) is 17.6 Å². The van der Waals surface area contributed by atoms with Crippen LogP contribution in [0.4, 0.5) is 14.9 Å². The first-order chi connectivity index (χ1) is 22.9. The highest BCUT2D eigenvalue weighted by molar-refractivity contribution is 7.89. The fourth-order valence-corrected chi connectivity index (χ4v) is 8.47. The molecule has 5 atom stereocenters. The SMILES string of the molecule is COC(=O)N[C@H](C(=O)Nc1cccc(F)c1CCC1CNC2CCCS(=O)(=O)N1C2)[C@@H](c1ccc(Cl)cc1)c1ccc(=O)n(C(C)C)c1. The first kappa shape index (κ1) is 35.5. The third kappa shape index (κ3) is 8.08. The van der Waals surface area contributed by atoms with Gasteiger partial charge in [-0.2, -0.15) is 4.31 Å². The Morgan fingerprint density at radius 1 is 1.10 bits per heavy atom. The predicted octanol–water partition coefficient (Wildman–Crippen LogP) is 4.42. The third-order valence-electron chi connectivity index (χ3n) is 9.05. The van der Waals surface area contributed by atoms with Crippen molar-refractivity contribution in [2.75, 3.05) is 31.3 Å². The quantitative estimate of drug-likeness (QED) is 0.285. The van der Waals surface area contributed by atoms with Crippen LogP contribution in [0.1, 0.15) is 61.8 Å². The molecule has 48 heavy (non-hydrogen) atoms. The van der Waals surface area contributed by atoms with Crippen LogP contribution in [-0.2, 0) is 26.0 Å². The molecule has 0 saturated carbocycles. The van der Waals surface area contributed by atoms with Gasteiger partial charge < -0.3 is 25.3 Å². The number of methoxy groups -OCH3 is 1. The molecular weight excluding hydrogens is 661 g/mol. The van der Waals surface area contributed by atoms with E-state index in [4.69, 9.17) is 16.3 Å². The summed E-state index contributed by atoms with van der Waals surface area (Å²) >= 11 is 6.19. The van der Waals surface area contributed by atoms with Crippen molar-refractivity contribution in [2.24, 2.45) is 0 Å². The Labute approximate surface area is 284 Å². The van der Waals surface area contributed by atoms with Crippen LogP contribution < -0.4 is 21.5 Å². The minimum Gasteiger partial charge on any atom is -0.453 e. The summed E-state index contributed by atoms with van der Waals surface area (Å²) in [5.41, 5.74) is 1.36. The molecule has 11 nitrogen and oxygen atoms in total.